The Hall–Kier alpha value is -4.18. The number of morpholine rings is 1. The van der Waals surface area contributed by atoms with Gasteiger partial charge in [-0.2, -0.15) is 13.2 Å². The molecule has 1 spiro atoms. The SMILES string of the molecule is CC1(CN2CCC3(CCNCC3)CC2)CCC(c2ccc(Cl)cc2)=C(CN2CCN(c3ccc(C(=O)NS(=O)(=O)c4ccc(NC(CCN5CCOCC5)CSc5ccccc5)c(S(=O)(=O)C(F)(F)F)c4)cc3)CC2)C1. The van der Waals surface area contributed by atoms with Crippen LogP contribution < -0.4 is 20.3 Å². The summed E-state index contributed by atoms with van der Waals surface area (Å²) in [6.45, 7) is 15.2. The number of alkyl halides is 3. The minimum Gasteiger partial charge on any atom is -0.380 e. The number of thioether (sulfide) groups is 1. The lowest BCUT2D eigenvalue weighted by Crippen LogP contribution is -2.49. The number of carbonyl (C=O) groups excluding carboxylic acids is 1. The zero-order chi connectivity index (χ0) is 53.6. The number of piperazine rings is 1. The summed E-state index contributed by atoms with van der Waals surface area (Å²) in [6, 6.07) is 26.1. The molecule has 0 saturated carbocycles. The van der Waals surface area contributed by atoms with Crippen molar-refractivity contribution in [3.05, 3.63) is 119 Å². The maximum atomic E-state index is 14.3. The number of piperidine rings is 2. The Kier molecular flexibility index (Phi) is 18.2. The van der Waals surface area contributed by atoms with E-state index in [0.717, 1.165) is 99.4 Å². The summed E-state index contributed by atoms with van der Waals surface area (Å²) >= 11 is 7.79. The van der Waals surface area contributed by atoms with E-state index in [9.17, 15) is 34.8 Å². The number of amides is 1. The van der Waals surface area contributed by atoms with Gasteiger partial charge in [0.1, 0.15) is 4.90 Å². The molecule has 4 fully saturated rings. The van der Waals surface area contributed by atoms with Crippen LogP contribution >= 0.6 is 23.4 Å². The molecule has 20 heteroatoms. The lowest BCUT2D eigenvalue weighted by molar-refractivity contribution is -0.0435. The summed E-state index contributed by atoms with van der Waals surface area (Å²) < 4.78 is 104. The molecule has 4 aliphatic heterocycles. The van der Waals surface area contributed by atoms with E-state index < -0.39 is 52.8 Å². The van der Waals surface area contributed by atoms with Crippen molar-refractivity contribution in [1.29, 1.82) is 0 Å². The number of sulfone groups is 1. The van der Waals surface area contributed by atoms with Crippen molar-refractivity contribution >= 4 is 66.1 Å². The topological polar surface area (TPSA) is 144 Å². The van der Waals surface area contributed by atoms with Crippen LogP contribution in [0.4, 0.5) is 24.5 Å². The van der Waals surface area contributed by atoms with E-state index in [-0.39, 0.29) is 11.0 Å². The van der Waals surface area contributed by atoms with Gasteiger partial charge < -0.3 is 25.2 Å². The van der Waals surface area contributed by atoms with Gasteiger partial charge in [-0.3, -0.25) is 14.6 Å². The molecular weight excluding hydrogens is 1060 g/mol. The Morgan fingerprint density at radius 3 is 2.16 bits per heavy atom. The first-order valence-electron chi connectivity index (χ1n) is 26.6. The lowest BCUT2D eigenvalue weighted by Gasteiger charge is -2.48. The zero-order valence-corrected chi connectivity index (χ0v) is 46.5. The Bertz CT molecular complexity index is 2870. The van der Waals surface area contributed by atoms with Gasteiger partial charge in [-0.05, 0) is 166 Å². The maximum Gasteiger partial charge on any atom is 0.501 e. The van der Waals surface area contributed by atoms with Gasteiger partial charge >= 0.3 is 5.51 Å². The normalized spacial score (nSPS) is 21.9. The van der Waals surface area contributed by atoms with Crippen LogP contribution in [0.2, 0.25) is 5.02 Å². The van der Waals surface area contributed by atoms with Crippen LogP contribution in [0.5, 0.6) is 0 Å². The fraction of sp³-hybridized carbons (Fsp3) is 0.518. The summed E-state index contributed by atoms with van der Waals surface area (Å²) in [5.74, 6) is -0.649. The van der Waals surface area contributed by atoms with Gasteiger partial charge in [0, 0.05) is 91.9 Å². The molecule has 5 aliphatic rings. The molecule has 4 saturated heterocycles. The highest BCUT2D eigenvalue weighted by molar-refractivity contribution is 7.99. The molecule has 412 valence electrons. The zero-order valence-electron chi connectivity index (χ0n) is 43.3. The average molecular weight is 1130 g/mol. The van der Waals surface area contributed by atoms with E-state index in [1.54, 1.807) is 12.1 Å². The second-order valence-electron chi connectivity index (χ2n) is 21.7. The maximum absolute atomic E-state index is 14.3. The minimum absolute atomic E-state index is 0.00349. The van der Waals surface area contributed by atoms with Gasteiger partial charge in [0.2, 0.25) is 0 Å². The van der Waals surface area contributed by atoms with Gasteiger partial charge in [0.25, 0.3) is 25.8 Å². The molecule has 0 aromatic heterocycles. The molecular formula is C56H71ClF3N7O6S3. The van der Waals surface area contributed by atoms with E-state index in [4.69, 9.17) is 16.3 Å². The number of nitrogens with one attached hydrogen (secondary N) is 3. The molecule has 3 N–H and O–H groups in total. The molecule has 1 aliphatic carbocycles. The smallest absolute Gasteiger partial charge is 0.380 e. The Labute approximate surface area is 456 Å². The number of rotatable bonds is 18. The van der Waals surface area contributed by atoms with Crippen LogP contribution in [-0.2, 0) is 24.6 Å². The number of nitrogens with zero attached hydrogens (tertiary/aromatic N) is 4. The second kappa shape index (κ2) is 24.5. The van der Waals surface area contributed by atoms with E-state index in [1.165, 1.54) is 79.4 Å². The van der Waals surface area contributed by atoms with Crippen LogP contribution in [0.15, 0.2) is 117 Å². The van der Waals surface area contributed by atoms with Crippen molar-refractivity contribution in [2.75, 3.05) is 114 Å². The van der Waals surface area contributed by atoms with Crippen molar-refractivity contribution in [3.63, 3.8) is 0 Å². The first-order valence-corrected chi connectivity index (χ1v) is 30.9. The number of likely N-dealkylation sites (tertiary alicyclic amines) is 1. The average Bonchev–Trinajstić information content (AvgIpc) is 3.44. The van der Waals surface area contributed by atoms with Gasteiger partial charge in [0.15, 0.2) is 0 Å². The predicted octanol–water partition coefficient (Wildman–Crippen LogP) is 9.28. The van der Waals surface area contributed by atoms with E-state index in [0.29, 0.717) is 56.5 Å². The summed E-state index contributed by atoms with van der Waals surface area (Å²) in [5.41, 5.74) is -0.440. The number of benzene rings is 4. The summed E-state index contributed by atoms with van der Waals surface area (Å²) in [7, 11) is -10.9. The summed E-state index contributed by atoms with van der Waals surface area (Å²) in [4.78, 5) is 22.0. The highest BCUT2D eigenvalue weighted by Gasteiger charge is 2.49. The van der Waals surface area contributed by atoms with Crippen LogP contribution in [0.1, 0.15) is 74.2 Å². The van der Waals surface area contributed by atoms with Crippen molar-refractivity contribution in [2.45, 2.75) is 84.5 Å². The minimum atomic E-state index is -6.07. The molecule has 4 heterocycles. The molecule has 0 bridgehead atoms. The van der Waals surface area contributed by atoms with Crippen molar-refractivity contribution in [1.82, 2.24) is 24.7 Å². The first-order chi connectivity index (χ1) is 36.4. The quantitative estimate of drug-likeness (QED) is 0.0816. The number of halogens is 4. The van der Waals surface area contributed by atoms with Crippen molar-refractivity contribution in [3.8, 4) is 0 Å². The van der Waals surface area contributed by atoms with E-state index in [2.05, 4.69) is 49.3 Å². The molecule has 4 aromatic rings. The number of allylic oxidation sites excluding steroid dienone is 1. The Morgan fingerprint density at radius 2 is 1.49 bits per heavy atom. The molecule has 4 aromatic carbocycles. The predicted molar refractivity (Wildman–Crippen MR) is 296 cm³/mol. The Balaban J connectivity index is 0.835. The molecule has 1 amide bonds. The first kappa shape index (κ1) is 56.5. The standard InChI is InChI=1S/C56H71ClF3N7O6S3/c1-54(41-66-27-22-55(23-28-66)20-24-61-25-21-55)19-17-50(42-7-11-45(57)12-8-42)44(38-54)39-65-29-31-67(32-30-65)47-13-9-43(10-14-47)53(68)63-76(71,72)49-15-16-51(52(37-49)75(69,70)56(58,59)60)62-46(18-26-64-33-35-73-36-34-64)40-74-48-5-3-2-4-6-48/h2-16,37,46,61-62H,17-36,38-41H2,1H3,(H,63,68). The van der Waals surface area contributed by atoms with Crippen LogP contribution in [-0.4, -0.2) is 153 Å². The van der Waals surface area contributed by atoms with Crippen molar-refractivity contribution < 1.29 is 39.5 Å². The summed E-state index contributed by atoms with van der Waals surface area (Å²) in [5, 5.41) is 7.28. The van der Waals surface area contributed by atoms with Gasteiger partial charge in [-0.1, -0.05) is 54.4 Å². The van der Waals surface area contributed by atoms with E-state index in [1.807, 2.05) is 47.2 Å². The largest absolute Gasteiger partial charge is 0.501 e. The molecule has 2 atom stereocenters. The van der Waals surface area contributed by atoms with Crippen molar-refractivity contribution in [2.24, 2.45) is 10.8 Å². The van der Waals surface area contributed by atoms with E-state index >= 15 is 0 Å². The third kappa shape index (κ3) is 14.2. The fourth-order valence-electron chi connectivity index (χ4n) is 11.7. The highest BCUT2D eigenvalue weighted by atomic mass is 35.5. The summed E-state index contributed by atoms with van der Waals surface area (Å²) in [6.07, 6.45) is 8.81. The molecule has 76 heavy (non-hydrogen) atoms. The highest BCUT2D eigenvalue weighted by Crippen LogP contribution is 2.46. The number of hydrogen-bond donors (Lipinski definition) is 3. The third-order valence-corrected chi connectivity index (χ3v) is 20.5. The van der Waals surface area contributed by atoms with Gasteiger partial charge in [-0.15, -0.1) is 11.8 Å². The molecule has 13 nitrogen and oxygen atoms in total. The monoisotopic (exact) mass is 1130 g/mol. The third-order valence-electron chi connectivity index (χ3n) is 16.2. The number of sulfonamides is 1. The fourth-order valence-corrected chi connectivity index (χ4v) is 14.9. The molecule has 0 radical (unpaired) electrons. The second-order valence-corrected chi connectivity index (χ2v) is 26.8. The van der Waals surface area contributed by atoms with Crippen LogP contribution in [0.3, 0.4) is 0 Å². The Morgan fingerprint density at radius 1 is 0.803 bits per heavy atom. The lowest BCUT2D eigenvalue weighted by atomic mass is 9.69. The number of hydrogen-bond acceptors (Lipinski definition) is 13. The van der Waals surface area contributed by atoms with Gasteiger partial charge in [-0.25, -0.2) is 21.6 Å². The molecule has 2 unspecified atom stereocenters. The number of ether oxygens (including phenoxy) is 1. The van der Waals surface area contributed by atoms with Crippen LogP contribution in [0.25, 0.3) is 5.57 Å². The van der Waals surface area contributed by atoms with Gasteiger partial charge in [0.05, 0.1) is 23.8 Å². The number of anilines is 2. The number of carbonyl (C=O) groups is 1. The molecule has 9 rings (SSSR count). The van der Waals surface area contributed by atoms with Crippen LogP contribution in [0, 0.1) is 10.8 Å².